The first-order chi connectivity index (χ1) is 12.7. The Hall–Kier alpha value is -3.08. The zero-order valence-corrected chi connectivity index (χ0v) is 15.1. The second-order valence-electron chi connectivity index (χ2n) is 6.23. The van der Waals surface area contributed by atoms with Gasteiger partial charge in [0.2, 0.25) is 5.91 Å². The fraction of sp³-hybridized carbons (Fsp3) is 0.238. The summed E-state index contributed by atoms with van der Waals surface area (Å²) in [5.74, 6) is 0.945. The molecule has 1 aromatic heterocycles. The fourth-order valence-electron chi connectivity index (χ4n) is 2.76. The average molecular weight is 349 g/mol. The van der Waals surface area contributed by atoms with Gasteiger partial charge in [0.25, 0.3) is 0 Å². The summed E-state index contributed by atoms with van der Waals surface area (Å²) in [5.41, 5.74) is 3.14. The molecule has 0 saturated carbocycles. The Bertz CT molecular complexity index is 841. The van der Waals surface area contributed by atoms with E-state index in [4.69, 9.17) is 4.74 Å². The van der Waals surface area contributed by atoms with Crippen molar-refractivity contribution in [1.82, 2.24) is 14.7 Å². The molecule has 0 spiro atoms. The van der Waals surface area contributed by atoms with Gasteiger partial charge in [-0.25, -0.2) is 4.68 Å². The van der Waals surface area contributed by atoms with Crippen LogP contribution in [0.5, 0.6) is 5.75 Å². The van der Waals surface area contributed by atoms with Crippen LogP contribution in [0, 0.1) is 0 Å². The van der Waals surface area contributed by atoms with Crippen LogP contribution >= 0.6 is 0 Å². The maximum Gasteiger partial charge on any atom is 0.222 e. The highest BCUT2D eigenvalue weighted by Gasteiger charge is 2.11. The molecule has 2 aromatic carbocycles. The largest absolute Gasteiger partial charge is 0.497 e. The predicted octanol–water partition coefficient (Wildman–Crippen LogP) is 3.47. The summed E-state index contributed by atoms with van der Waals surface area (Å²) in [4.78, 5) is 14.1. The monoisotopic (exact) mass is 349 g/mol. The molecule has 5 nitrogen and oxygen atoms in total. The predicted molar refractivity (Wildman–Crippen MR) is 101 cm³/mol. The minimum atomic E-state index is 0.119. The highest BCUT2D eigenvalue weighted by Crippen LogP contribution is 2.14. The molecular weight excluding hydrogens is 326 g/mol. The summed E-state index contributed by atoms with van der Waals surface area (Å²) in [7, 11) is 3.48. The number of aryl methyl sites for hydroxylation is 1. The summed E-state index contributed by atoms with van der Waals surface area (Å²) < 4.78 is 6.97. The number of hydrogen-bond acceptors (Lipinski definition) is 3. The summed E-state index contributed by atoms with van der Waals surface area (Å²) in [6.07, 6.45) is 4.97. The highest BCUT2D eigenvalue weighted by molar-refractivity contribution is 5.76. The molecular formula is C21H23N3O2. The van der Waals surface area contributed by atoms with E-state index >= 15 is 0 Å². The third-order valence-electron chi connectivity index (χ3n) is 4.29. The smallest absolute Gasteiger partial charge is 0.222 e. The Labute approximate surface area is 153 Å². The van der Waals surface area contributed by atoms with E-state index in [-0.39, 0.29) is 5.91 Å². The van der Waals surface area contributed by atoms with Gasteiger partial charge in [-0.05, 0) is 36.2 Å². The van der Waals surface area contributed by atoms with Crippen LogP contribution in [0.1, 0.15) is 17.5 Å². The quantitative estimate of drug-likeness (QED) is 0.656. The highest BCUT2D eigenvalue weighted by atomic mass is 16.5. The van der Waals surface area contributed by atoms with Crippen molar-refractivity contribution in [2.45, 2.75) is 19.4 Å². The molecule has 0 radical (unpaired) electrons. The molecule has 134 valence electrons. The van der Waals surface area contributed by atoms with Gasteiger partial charge < -0.3 is 9.64 Å². The van der Waals surface area contributed by atoms with Crippen molar-refractivity contribution in [3.05, 3.63) is 78.1 Å². The Morgan fingerprint density at radius 3 is 2.50 bits per heavy atom. The van der Waals surface area contributed by atoms with Crippen molar-refractivity contribution in [2.24, 2.45) is 0 Å². The van der Waals surface area contributed by atoms with Crippen LogP contribution in [0.15, 0.2) is 67.0 Å². The van der Waals surface area contributed by atoms with Crippen LogP contribution in [-0.4, -0.2) is 34.7 Å². The molecule has 5 heteroatoms. The number of amides is 1. The molecule has 0 N–H and O–H groups in total. The summed E-state index contributed by atoms with van der Waals surface area (Å²) in [6, 6.07) is 17.8. The first-order valence-electron chi connectivity index (χ1n) is 8.61. The fourth-order valence-corrected chi connectivity index (χ4v) is 2.76. The van der Waals surface area contributed by atoms with Gasteiger partial charge in [-0.1, -0.05) is 30.3 Å². The third kappa shape index (κ3) is 4.51. The number of methoxy groups -OCH3 is 1. The minimum absolute atomic E-state index is 0.119. The zero-order chi connectivity index (χ0) is 18.4. The Kier molecular flexibility index (Phi) is 5.69. The molecule has 0 atom stereocenters. The van der Waals surface area contributed by atoms with E-state index in [0.717, 1.165) is 29.0 Å². The standard InChI is InChI=1S/C21H23N3O2/c1-23(21(25)13-10-17-8-11-20(26-2)12-9-17)15-18-14-22-24(16-18)19-6-4-3-5-7-19/h3-9,11-12,14,16H,10,13,15H2,1-2H3. The summed E-state index contributed by atoms with van der Waals surface area (Å²) in [5, 5.41) is 4.38. The van der Waals surface area contributed by atoms with Crippen LogP contribution in [0.2, 0.25) is 0 Å². The van der Waals surface area contributed by atoms with Gasteiger partial charge in [-0.2, -0.15) is 5.10 Å². The van der Waals surface area contributed by atoms with E-state index in [9.17, 15) is 4.79 Å². The van der Waals surface area contributed by atoms with Crippen molar-refractivity contribution < 1.29 is 9.53 Å². The number of rotatable bonds is 7. The Balaban J connectivity index is 1.53. The van der Waals surface area contributed by atoms with Crippen molar-refractivity contribution in [2.75, 3.05) is 14.2 Å². The number of carbonyl (C=O) groups is 1. The molecule has 1 amide bonds. The van der Waals surface area contributed by atoms with Gasteiger partial charge in [0.15, 0.2) is 0 Å². The summed E-state index contributed by atoms with van der Waals surface area (Å²) >= 11 is 0. The first-order valence-corrected chi connectivity index (χ1v) is 8.61. The van der Waals surface area contributed by atoms with E-state index in [1.165, 1.54) is 0 Å². The Morgan fingerprint density at radius 1 is 1.08 bits per heavy atom. The van der Waals surface area contributed by atoms with E-state index < -0.39 is 0 Å². The number of nitrogens with zero attached hydrogens (tertiary/aromatic N) is 3. The van der Waals surface area contributed by atoms with Crippen molar-refractivity contribution >= 4 is 5.91 Å². The molecule has 0 aliphatic heterocycles. The lowest BCUT2D eigenvalue weighted by Crippen LogP contribution is -2.26. The van der Waals surface area contributed by atoms with Gasteiger partial charge in [0, 0.05) is 31.8 Å². The van der Waals surface area contributed by atoms with Gasteiger partial charge in [-0.15, -0.1) is 0 Å². The molecule has 3 aromatic rings. The van der Waals surface area contributed by atoms with Gasteiger partial charge in [-0.3, -0.25) is 4.79 Å². The lowest BCUT2D eigenvalue weighted by molar-refractivity contribution is -0.130. The molecule has 0 bridgehead atoms. The Morgan fingerprint density at radius 2 is 1.81 bits per heavy atom. The normalized spacial score (nSPS) is 10.5. The molecule has 3 rings (SSSR count). The van der Waals surface area contributed by atoms with Gasteiger partial charge >= 0.3 is 0 Å². The lowest BCUT2D eigenvalue weighted by atomic mass is 10.1. The van der Waals surface area contributed by atoms with E-state index in [1.54, 1.807) is 18.2 Å². The second kappa shape index (κ2) is 8.34. The van der Waals surface area contributed by atoms with Crippen LogP contribution in [0.25, 0.3) is 5.69 Å². The summed E-state index contributed by atoms with van der Waals surface area (Å²) in [6.45, 7) is 0.550. The number of carbonyl (C=O) groups excluding carboxylic acids is 1. The van der Waals surface area contributed by atoms with E-state index in [1.807, 2.05) is 72.5 Å². The van der Waals surface area contributed by atoms with Crippen molar-refractivity contribution in [3.63, 3.8) is 0 Å². The third-order valence-corrected chi connectivity index (χ3v) is 4.29. The average Bonchev–Trinajstić information content (AvgIpc) is 3.15. The van der Waals surface area contributed by atoms with Crippen LogP contribution < -0.4 is 4.74 Å². The molecule has 0 unspecified atom stereocenters. The molecule has 0 saturated heterocycles. The van der Waals surface area contributed by atoms with Crippen LogP contribution in [0.3, 0.4) is 0 Å². The molecule has 0 aliphatic rings. The number of para-hydroxylation sites is 1. The first kappa shape index (κ1) is 17.7. The number of aromatic nitrogens is 2. The molecule has 26 heavy (non-hydrogen) atoms. The van der Waals surface area contributed by atoms with Gasteiger partial charge in [0.05, 0.1) is 19.0 Å². The maximum absolute atomic E-state index is 12.4. The lowest BCUT2D eigenvalue weighted by Gasteiger charge is -2.16. The molecule has 0 aliphatic carbocycles. The van der Waals surface area contributed by atoms with Crippen LogP contribution in [0.4, 0.5) is 0 Å². The number of benzene rings is 2. The molecule has 0 fully saturated rings. The van der Waals surface area contributed by atoms with Crippen LogP contribution in [-0.2, 0) is 17.8 Å². The SMILES string of the molecule is COc1ccc(CCC(=O)N(C)Cc2cnn(-c3ccccc3)c2)cc1. The maximum atomic E-state index is 12.4. The number of hydrogen-bond donors (Lipinski definition) is 0. The molecule has 1 heterocycles. The van der Waals surface area contributed by atoms with Gasteiger partial charge in [0.1, 0.15) is 5.75 Å². The van der Waals surface area contributed by atoms with Crippen molar-refractivity contribution in [1.29, 1.82) is 0 Å². The zero-order valence-electron chi connectivity index (χ0n) is 15.1. The van der Waals surface area contributed by atoms with E-state index in [0.29, 0.717) is 13.0 Å². The number of ether oxygens (including phenoxy) is 1. The van der Waals surface area contributed by atoms with Crippen molar-refractivity contribution in [3.8, 4) is 11.4 Å². The topological polar surface area (TPSA) is 47.4 Å². The van der Waals surface area contributed by atoms with E-state index in [2.05, 4.69) is 5.10 Å². The second-order valence-corrected chi connectivity index (χ2v) is 6.23. The minimum Gasteiger partial charge on any atom is -0.497 e.